The Hall–Kier alpha value is -4.33. The zero-order valence-corrected chi connectivity index (χ0v) is 21.4. The van der Waals surface area contributed by atoms with Gasteiger partial charge in [-0.3, -0.25) is 4.79 Å². The molecule has 194 valence electrons. The third kappa shape index (κ3) is 9.00. The Bertz CT molecular complexity index is 1200. The van der Waals surface area contributed by atoms with Crippen molar-refractivity contribution in [2.24, 2.45) is 5.10 Å². The van der Waals surface area contributed by atoms with Crippen molar-refractivity contribution in [1.29, 1.82) is 0 Å². The Labute approximate surface area is 217 Å². The molecule has 37 heavy (non-hydrogen) atoms. The largest absolute Gasteiger partial charge is 0.490 e. The molecular weight excluding hydrogens is 470 g/mol. The monoisotopic (exact) mass is 503 g/mol. The third-order valence-electron chi connectivity index (χ3n) is 5.30. The van der Waals surface area contributed by atoms with Crippen molar-refractivity contribution in [3.8, 4) is 11.5 Å². The van der Waals surface area contributed by atoms with Gasteiger partial charge in [-0.2, -0.15) is 5.10 Å². The predicted molar refractivity (Wildman–Crippen MR) is 143 cm³/mol. The van der Waals surface area contributed by atoms with E-state index in [1.807, 2.05) is 74.5 Å². The van der Waals surface area contributed by atoms with Gasteiger partial charge in [-0.15, -0.1) is 0 Å². The van der Waals surface area contributed by atoms with E-state index in [0.29, 0.717) is 36.7 Å². The number of ether oxygens (including phenoxy) is 3. The van der Waals surface area contributed by atoms with Crippen molar-refractivity contribution in [2.45, 2.75) is 39.8 Å². The lowest BCUT2D eigenvalue weighted by Gasteiger charge is -2.17. The van der Waals surface area contributed by atoms with Gasteiger partial charge in [-0.1, -0.05) is 60.2 Å². The topological polar surface area (TPSA) is 98.2 Å². The molecule has 2 N–H and O–H groups in total. The lowest BCUT2D eigenvalue weighted by Crippen LogP contribution is -2.47. The smallest absolute Gasteiger partial charge is 0.407 e. The summed E-state index contributed by atoms with van der Waals surface area (Å²) in [6.07, 6.45) is 1.14. The van der Waals surface area contributed by atoms with Crippen LogP contribution in [0.25, 0.3) is 0 Å². The van der Waals surface area contributed by atoms with Crippen molar-refractivity contribution in [1.82, 2.24) is 10.7 Å². The van der Waals surface area contributed by atoms with Crippen LogP contribution in [0.5, 0.6) is 11.5 Å². The van der Waals surface area contributed by atoms with Crippen LogP contribution >= 0.6 is 0 Å². The molecule has 0 unspecified atom stereocenters. The van der Waals surface area contributed by atoms with E-state index in [1.54, 1.807) is 13.0 Å². The summed E-state index contributed by atoms with van der Waals surface area (Å²) in [6.45, 7) is 6.73. The number of aryl methyl sites for hydroxylation is 1. The van der Waals surface area contributed by atoms with Crippen molar-refractivity contribution in [3.63, 3.8) is 0 Å². The Morgan fingerprint density at radius 2 is 1.68 bits per heavy atom. The molecule has 0 aliphatic rings. The van der Waals surface area contributed by atoms with E-state index in [9.17, 15) is 9.59 Å². The van der Waals surface area contributed by atoms with Crippen molar-refractivity contribution in [3.05, 3.63) is 95.1 Å². The van der Waals surface area contributed by atoms with Crippen LogP contribution in [0.4, 0.5) is 4.79 Å². The second-order valence-corrected chi connectivity index (χ2v) is 8.26. The van der Waals surface area contributed by atoms with E-state index in [1.165, 1.54) is 11.8 Å². The van der Waals surface area contributed by atoms with Gasteiger partial charge in [0.2, 0.25) is 0 Å². The van der Waals surface area contributed by atoms with Crippen LogP contribution in [0.2, 0.25) is 0 Å². The molecule has 0 heterocycles. The molecule has 3 aromatic carbocycles. The van der Waals surface area contributed by atoms with Crippen LogP contribution in [0.15, 0.2) is 77.9 Å². The molecule has 0 bridgehead atoms. The molecule has 0 fully saturated rings. The molecule has 8 nitrogen and oxygen atoms in total. The van der Waals surface area contributed by atoms with Gasteiger partial charge in [0.25, 0.3) is 5.91 Å². The van der Waals surface area contributed by atoms with Crippen LogP contribution in [0.3, 0.4) is 0 Å². The second-order valence-electron chi connectivity index (χ2n) is 8.26. The second kappa shape index (κ2) is 14.3. The summed E-state index contributed by atoms with van der Waals surface area (Å²) < 4.78 is 16.7. The van der Waals surface area contributed by atoms with Gasteiger partial charge < -0.3 is 19.5 Å². The van der Waals surface area contributed by atoms with Crippen LogP contribution < -0.4 is 20.2 Å². The lowest BCUT2D eigenvalue weighted by atomic mass is 10.1. The van der Waals surface area contributed by atoms with Crippen LogP contribution in [0.1, 0.15) is 36.1 Å². The van der Waals surface area contributed by atoms with E-state index in [4.69, 9.17) is 14.2 Å². The molecule has 2 amide bonds. The van der Waals surface area contributed by atoms with Gasteiger partial charge in [-0.05, 0) is 55.7 Å². The van der Waals surface area contributed by atoms with Crippen molar-refractivity contribution >= 4 is 18.2 Å². The number of alkyl carbamates (subject to hydrolysis) is 1. The Morgan fingerprint density at radius 1 is 0.892 bits per heavy atom. The van der Waals surface area contributed by atoms with E-state index in [0.717, 1.165) is 11.1 Å². The summed E-state index contributed by atoms with van der Waals surface area (Å²) in [5.41, 5.74) is 6.35. The van der Waals surface area contributed by atoms with Crippen molar-refractivity contribution < 1.29 is 23.8 Å². The molecule has 1 atom stereocenters. The van der Waals surface area contributed by atoms with E-state index in [2.05, 4.69) is 21.9 Å². The number of nitrogens with zero attached hydrogens (tertiary/aromatic N) is 1. The maximum atomic E-state index is 12.8. The van der Waals surface area contributed by atoms with Gasteiger partial charge in [0.15, 0.2) is 11.5 Å². The van der Waals surface area contributed by atoms with Crippen molar-refractivity contribution in [2.75, 3.05) is 13.2 Å². The number of benzene rings is 3. The molecule has 3 rings (SSSR count). The minimum atomic E-state index is -0.852. The highest BCUT2D eigenvalue weighted by molar-refractivity contribution is 5.87. The summed E-state index contributed by atoms with van der Waals surface area (Å²) in [6, 6.07) is 22.1. The minimum Gasteiger partial charge on any atom is -0.490 e. The molecule has 0 aliphatic heterocycles. The number of hydrazone groups is 1. The summed E-state index contributed by atoms with van der Waals surface area (Å²) in [5, 5.41) is 6.67. The molecule has 8 heteroatoms. The summed E-state index contributed by atoms with van der Waals surface area (Å²) in [7, 11) is 0. The maximum Gasteiger partial charge on any atom is 0.407 e. The highest BCUT2D eigenvalue weighted by Crippen LogP contribution is 2.29. The number of amides is 2. The number of hydrogen-bond donors (Lipinski definition) is 2. The van der Waals surface area contributed by atoms with Gasteiger partial charge in [0, 0.05) is 6.42 Å². The number of carbonyl (C=O) groups is 2. The first-order chi connectivity index (χ1) is 18.0. The molecule has 0 saturated carbocycles. The summed E-state index contributed by atoms with van der Waals surface area (Å²) in [5.74, 6) is 0.735. The Kier molecular flexibility index (Phi) is 10.5. The molecule has 0 aromatic heterocycles. The summed E-state index contributed by atoms with van der Waals surface area (Å²) in [4.78, 5) is 24.8. The SMILES string of the molecule is CCOC(=O)N[C@@H](Cc1ccccc1)C(=O)N/N=C\c1ccc(OCc2cccc(C)c2)c(OCC)c1. The van der Waals surface area contributed by atoms with Gasteiger partial charge in [0.05, 0.1) is 19.4 Å². The van der Waals surface area contributed by atoms with Gasteiger partial charge in [-0.25, -0.2) is 10.2 Å². The zero-order valence-electron chi connectivity index (χ0n) is 21.4. The summed E-state index contributed by atoms with van der Waals surface area (Å²) >= 11 is 0. The van der Waals surface area contributed by atoms with Crippen LogP contribution in [-0.4, -0.2) is 37.5 Å². The fourth-order valence-corrected chi connectivity index (χ4v) is 3.58. The van der Waals surface area contributed by atoms with Crippen LogP contribution in [0, 0.1) is 6.92 Å². The van der Waals surface area contributed by atoms with Gasteiger partial charge >= 0.3 is 6.09 Å². The molecule has 0 aliphatic carbocycles. The lowest BCUT2D eigenvalue weighted by molar-refractivity contribution is -0.123. The Morgan fingerprint density at radius 3 is 2.41 bits per heavy atom. The standard InChI is InChI=1S/C29H33N3O5/c1-4-35-27-18-23(14-15-26(27)37-20-24-13-9-10-21(3)16-24)19-30-32-28(33)25(31-29(34)36-5-2)17-22-11-7-6-8-12-22/h6-16,18-19,25H,4-5,17,20H2,1-3H3,(H,31,34)(H,32,33)/b30-19-/t25-/m0/s1. The molecule has 0 radical (unpaired) electrons. The third-order valence-corrected chi connectivity index (χ3v) is 5.30. The number of nitrogens with one attached hydrogen (secondary N) is 2. The quantitative estimate of drug-likeness (QED) is 0.274. The van der Waals surface area contributed by atoms with E-state index >= 15 is 0 Å². The molecule has 0 spiro atoms. The maximum absolute atomic E-state index is 12.8. The van der Waals surface area contributed by atoms with Gasteiger partial charge in [0.1, 0.15) is 12.6 Å². The van der Waals surface area contributed by atoms with E-state index in [-0.39, 0.29) is 6.61 Å². The number of rotatable bonds is 12. The average molecular weight is 504 g/mol. The highest BCUT2D eigenvalue weighted by Gasteiger charge is 2.21. The fourth-order valence-electron chi connectivity index (χ4n) is 3.58. The predicted octanol–water partition coefficient (Wildman–Crippen LogP) is 4.78. The van der Waals surface area contributed by atoms with E-state index < -0.39 is 18.0 Å². The first-order valence-electron chi connectivity index (χ1n) is 12.2. The minimum absolute atomic E-state index is 0.205. The number of carbonyl (C=O) groups excluding carboxylic acids is 2. The molecule has 3 aromatic rings. The van der Waals surface area contributed by atoms with Crippen LogP contribution in [-0.2, 0) is 22.6 Å². The fraction of sp³-hybridized carbons (Fsp3) is 0.276. The molecule has 0 saturated heterocycles. The zero-order chi connectivity index (χ0) is 26.5. The first kappa shape index (κ1) is 27.3. The normalized spacial score (nSPS) is 11.5. The average Bonchev–Trinajstić information content (AvgIpc) is 2.89. The number of hydrogen-bond acceptors (Lipinski definition) is 6. The first-order valence-corrected chi connectivity index (χ1v) is 12.2. The highest BCUT2D eigenvalue weighted by atomic mass is 16.5. The Balaban J connectivity index is 1.65. The molecular formula is C29H33N3O5.